The number of hydrogen-bond acceptors (Lipinski definition) is 5. The summed E-state index contributed by atoms with van der Waals surface area (Å²) < 4.78 is 4.92. The van der Waals surface area contributed by atoms with Crippen molar-refractivity contribution in [1.82, 2.24) is 4.90 Å². The molecule has 7 nitrogen and oxygen atoms in total. The van der Waals surface area contributed by atoms with Crippen molar-refractivity contribution in [3.63, 3.8) is 0 Å². The number of cyclic esters (lactones) is 2. The lowest BCUT2D eigenvalue weighted by Gasteiger charge is -2.31. The number of Topliss-reactive ketones (excluding diaryl/α,β-unsaturated/α-hetero) is 1. The number of carbonyl (C=O) groups is 4. The first-order valence-electron chi connectivity index (χ1n) is 10.4. The van der Waals surface area contributed by atoms with Crippen LogP contribution in [0.3, 0.4) is 0 Å². The Morgan fingerprint density at radius 3 is 2.48 bits per heavy atom. The van der Waals surface area contributed by atoms with Crippen molar-refractivity contribution >= 4 is 29.4 Å². The number of fused-ring (bicyclic) bond motifs is 1. The van der Waals surface area contributed by atoms with Crippen molar-refractivity contribution in [3.8, 4) is 0 Å². The number of amides is 2. The molecule has 0 N–H and O–H groups in total. The molecule has 0 aromatic heterocycles. The van der Waals surface area contributed by atoms with Crippen molar-refractivity contribution in [2.24, 2.45) is 0 Å². The van der Waals surface area contributed by atoms with Crippen molar-refractivity contribution in [2.45, 2.75) is 44.7 Å². The van der Waals surface area contributed by atoms with Gasteiger partial charge in [-0.2, -0.15) is 0 Å². The third-order valence-corrected chi connectivity index (χ3v) is 5.79. The summed E-state index contributed by atoms with van der Waals surface area (Å²) in [6.07, 6.45) is 1.04. The molecule has 0 saturated carbocycles. The van der Waals surface area contributed by atoms with Gasteiger partial charge in [-0.1, -0.05) is 48.5 Å². The third kappa shape index (κ3) is 4.21. The molecule has 0 bridgehead atoms. The van der Waals surface area contributed by atoms with Crippen molar-refractivity contribution in [3.05, 3.63) is 65.7 Å². The number of nitrogens with zero attached hydrogens (tertiary/aromatic N) is 2. The van der Waals surface area contributed by atoms with Crippen LogP contribution in [0.2, 0.25) is 0 Å². The highest BCUT2D eigenvalue weighted by molar-refractivity contribution is 6.06. The Kier molecular flexibility index (Phi) is 5.84. The van der Waals surface area contributed by atoms with E-state index in [4.69, 9.17) is 4.74 Å². The van der Waals surface area contributed by atoms with E-state index in [1.165, 1.54) is 16.7 Å². The van der Waals surface area contributed by atoms with Gasteiger partial charge in [-0.05, 0) is 49.8 Å². The summed E-state index contributed by atoms with van der Waals surface area (Å²) >= 11 is 0. The van der Waals surface area contributed by atoms with E-state index in [1.54, 1.807) is 6.07 Å². The zero-order chi connectivity index (χ0) is 22.0. The number of para-hydroxylation sites is 1. The van der Waals surface area contributed by atoms with E-state index >= 15 is 0 Å². The third-order valence-electron chi connectivity index (χ3n) is 5.79. The molecule has 0 unspecified atom stereocenters. The lowest BCUT2D eigenvalue weighted by Crippen LogP contribution is -2.53. The normalized spacial score (nSPS) is 21.0. The average Bonchev–Trinajstić information content (AvgIpc) is 2.96. The van der Waals surface area contributed by atoms with Crippen LogP contribution in [0.4, 0.5) is 10.5 Å². The Labute approximate surface area is 180 Å². The largest absolute Gasteiger partial charge is 0.419 e. The topological polar surface area (TPSA) is 84.0 Å². The number of hydrogen-bond donors (Lipinski definition) is 0. The van der Waals surface area contributed by atoms with Crippen molar-refractivity contribution in [1.29, 1.82) is 0 Å². The van der Waals surface area contributed by atoms with Crippen LogP contribution in [-0.2, 0) is 32.0 Å². The van der Waals surface area contributed by atoms with Crippen LogP contribution >= 0.6 is 0 Å². The van der Waals surface area contributed by atoms with Crippen LogP contribution < -0.4 is 4.90 Å². The SMILES string of the molecule is CC(=O)CN1C(=O)[C@@H](N2C(=O)OC(=O)[C@@H]2CCc2ccccc2)CCc2ccccc21. The molecule has 2 amide bonds. The molecule has 7 heteroatoms. The van der Waals surface area contributed by atoms with Crippen LogP contribution in [0.1, 0.15) is 30.9 Å². The Hall–Kier alpha value is -3.48. The molecule has 2 heterocycles. The number of esters is 1. The van der Waals surface area contributed by atoms with Crippen LogP contribution in [0.5, 0.6) is 0 Å². The monoisotopic (exact) mass is 420 g/mol. The van der Waals surface area contributed by atoms with Gasteiger partial charge in [-0.15, -0.1) is 0 Å². The van der Waals surface area contributed by atoms with E-state index in [2.05, 4.69) is 0 Å². The molecular weight excluding hydrogens is 396 g/mol. The van der Waals surface area contributed by atoms with Crippen LogP contribution in [0, 0.1) is 0 Å². The minimum atomic E-state index is -0.869. The number of ketones is 1. The molecule has 2 aliphatic rings. The molecule has 2 atom stereocenters. The van der Waals surface area contributed by atoms with Gasteiger partial charge in [0.15, 0.2) is 0 Å². The number of aryl methyl sites for hydroxylation is 2. The van der Waals surface area contributed by atoms with Crippen LogP contribution in [-0.4, -0.2) is 47.3 Å². The van der Waals surface area contributed by atoms with Gasteiger partial charge in [0.1, 0.15) is 17.9 Å². The minimum Gasteiger partial charge on any atom is -0.375 e. The molecule has 31 heavy (non-hydrogen) atoms. The fourth-order valence-corrected chi connectivity index (χ4v) is 4.34. The molecule has 0 radical (unpaired) electrons. The van der Waals surface area contributed by atoms with Gasteiger partial charge in [-0.25, -0.2) is 9.59 Å². The minimum absolute atomic E-state index is 0.0855. The van der Waals surface area contributed by atoms with Gasteiger partial charge < -0.3 is 9.64 Å². The molecule has 2 aromatic rings. The van der Waals surface area contributed by atoms with Crippen molar-refractivity contribution in [2.75, 3.05) is 11.4 Å². The first-order chi connectivity index (χ1) is 15.0. The summed E-state index contributed by atoms with van der Waals surface area (Å²) in [7, 11) is 0. The fraction of sp³-hybridized carbons (Fsp3) is 0.333. The highest BCUT2D eigenvalue weighted by atomic mass is 16.6. The van der Waals surface area contributed by atoms with E-state index in [9.17, 15) is 19.2 Å². The number of anilines is 1. The highest BCUT2D eigenvalue weighted by Gasteiger charge is 2.48. The summed E-state index contributed by atoms with van der Waals surface area (Å²) in [4.78, 5) is 53.2. The summed E-state index contributed by atoms with van der Waals surface area (Å²) in [6, 6.07) is 15.4. The standard InChI is InChI=1S/C24H24N2O5/c1-16(27)15-25-19-10-6-5-9-18(19)12-14-20(22(25)28)26-21(23(29)31-24(26)30)13-11-17-7-3-2-4-8-17/h2-10,20-21H,11-15H2,1H3/t20-,21-/m0/s1. The molecule has 2 aromatic carbocycles. The van der Waals surface area contributed by atoms with Gasteiger partial charge >= 0.3 is 12.1 Å². The molecular formula is C24H24N2O5. The smallest absolute Gasteiger partial charge is 0.375 e. The molecule has 1 saturated heterocycles. The maximum atomic E-state index is 13.5. The van der Waals surface area contributed by atoms with Crippen LogP contribution in [0.15, 0.2) is 54.6 Å². The lowest BCUT2D eigenvalue weighted by molar-refractivity contribution is -0.136. The number of ether oxygens (including phenoxy) is 1. The molecule has 4 rings (SSSR count). The van der Waals surface area contributed by atoms with Gasteiger partial charge in [0.25, 0.3) is 0 Å². The molecule has 0 aliphatic carbocycles. The Balaban J connectivity index is 1.62. The van der Waals surface area contributed by atoms with Gasteiger partial charge in [0, 0.05) is 5.69 Å². The lowest BCUT2D eigenvalue weighted by atomic mass is 10.0. The van der Waals surface area contributed by atoms with Crippen LogP contribution in [0.25, 0.3) is 0 Å². The number of carbonyl (C=O) groups excluding carboxylic acids is 4. The summed E-state index contributed by atoms with van der Waals surface area (Å²) in [5.74, 6) is -1.16. The average molecular weight is 420 g/mol. The maximum Gasteiger partial charge on any atom is 0.419 e. The van der Waals surface area contributed by atoms with E-state index in [0.29, 0.717) is 31.4 Å². The quantitative estimate of drug-likeness (QED) is 0.530. The Morgan fingerprint density at radius 2 is 1.74 bits per heavy atom. The second-order valence-electron chi connectivity index (χ2n) is 7.94. The summed E-state index contributed by atoms with van der Waals surface area (Å²) in [5, 5.41) is 0. The van der Waals surface area contributed by atoms with E-state index < -0.39 is 24.1 Å². The fourth-order valence-electron chi connectivity index (χ4n) is 4.34. The van der Waals surface area contributed by atoms with E-state index in [0.717, 1.165) is 11.1 Å². The Bertz CT molecular complexity index is 1020. The summed E-state index contributed by atoms with van der Waals surface area (Å²) in [5.41, 5.74) is 2.64. The first-order valence-corrected chi connectivity index (χ1v) is 10.4. The molecule has 160 valence electrons. The molecule has 1 fully saturated rings. The highest BCUT2D eigenvalue weighted by Crippen LogP contribution is 2.32. The van der Waals surface area contributed by atoms with E-state index in [1.807, 2.05) is 48.5 Å². The van der Waals surface area contributed by atoms with Gasteiger partial charge in [0.2, 0.25) is 5.91 Å². The van der Waals surface area contributed by atoms with Gasteiger partial charge in [0.05, 0.1) is 6.54 Å². The summed E-state index contributed by atoms with van der Waals surface area (Å²) in [6.45, 7) is 1.34. The zero-order valence-electron chi connectivity index (χ0n) is 17.3. The number of benzene rings is 2. The predicted molar refractivity (Wildman–Crippen MR) is 113 cm³/mol. The maximum absolute atomic E-state index is 13.5. The predicted octanol–water partition coefficient (Wildman–Crippen LogP) is 2.90. The van der Waals surface area contributed by atoms with Crippen molar-refractivity contribution < 1.29 is 23.9 Å². The second-order valence-corrected chi connectivity index (χ2v) is 7.94. The van der Waals surface area contributed by atoms with E-state index in [-0.39, 0.29) is 18.2 Å². The van der Waals surface area contributed by atoms with Gasteiger partial charge in [-0.3, -0.25) is 14.5 Å². The number of rotatable bonds is 6. The molecule has 0 spiro atoms. The molecule has 2 aliphatic heterocycles. The Morgan fingerprint density at radius 1 is 1.03 bits per heavy atom. The first kappa shape index (κ1) is 20.8. The second kappa shape index (κ2) is 8.71. The zero-order valence-corrected chi connectivity index (χ0v) is 17.3.